The van der Waals surface area contributed by atoms with E-state index in [0.29, 0.717) is 4.88 Å². The minimum atomic E-state index is -0.624. The Kier molecular flexibility index (Phi) is 5.46. The molecule has 1 aromatic carbocycles. The van der Waals surface area contributed by atoms with Gasteiger partial charge in [0.15, 0.2) is 5.78 Å². The highest BCUT2D eigenvalue weighted by atomic mass is 35.5. The minimum absolute atomic E-state index is 0.00348. The molecule has 23 heavy (non-hydrogen) atoms. The van der Waals surface area contributed by atoms with Crippen molar-refractivity contribution in [2.45, 2.75) is 19.8 Å². The van der Waals surface area contributed by atoms with Crippen LogP contribution in [0.5, 0.6) is 0 Å². The van der Waals surface area contributed by atoms with Crippen molar-refractivity contribution in [3.63, 3.8) is 0 Å². The predicted molar refractivity (Wildman–Crippen MR) is 89.4 cm³/mol. The third-order valence-corrected chi connectivity index (χ3v) is 4.38. The van der Waals surface area contributed by atoms with Crippen molar-refractivity contribution < 1.29 is 14.5 Å². The number of Topliss-reactive ketones (excluding diaryl/α,β-unsaturated/α-hetero) is 1. The monoisotopic (exact) mass is 352 g/mol. The third-order valence-electron chi connectivity index (χ3n) is 3.02. The van der Waals surface area contributed by atoms with Crippen LogP contribution in [-0.4, -0.2) is 16.6 Å². The molecule has 0 unspecified atom stereocenters. The summed E-state index contributed by atoms with van der Waals surface area (Å²) in [7, 11) is 0. The molecule has 2 aromatic rings. The van der Waals surface area contributed by atoms with E-state index in [1.54, 1.807) is 6.07 Å². The van der Waals surface area contributed by atoms with Gasteiger partial charge in [-0.05, 0) is 31.2 Å². The van der Waals surface area contributed by atoms with Crippen LogP contribution in [0.25, 0.3) is 0 Å². The van der Waals surface area contributed by atoms with Crippen molar-refractivity contribution in [1.29, 1.82) is 0 Å². The van der Waals surface area contributed by atoms with Gasteiger partial charge < -0.3 is 5.32 Å². The van der Waals surface area contributed by atoms with Gasteiger partial charge in [0.05, 0.1) is 9.80 Å². The number of benzene rings is 1. The Bertz CT molecular complexity index is 773. The number of hydrogen-bond acceptors (Lipinski definition) is 5. The maximum absolute atomic E-state index is 11.9. The van der Waals surface area contributed by atoms with Gasteiger partial charge in [0.1, 0.15) is 5.02 Å². The molecule has 2 rings (SSSR count). The molecule has 1 heterocycles. The molecular weight excluding hydrogens is 340 g/mol. The van der Waals surface area contributed by atoms with E-state index in [1.807, 2.05) is 13.0 Å². The number of aryl methyl sites for hydroxylation is 1. The lowest BCUT2D eigenvalue weighted by Crippen LogP contribution is -2.13. The molecule has 0 fully saturated rings. The highest BCUT2D eigenvalue weighted by molar-refractivity contribution is 7.14. The van der Waals surface area contributed by atoms with E-state index in [9.17, 15) is 19.7 Å². The van der Waals surface area contributed by atoms with Crippen molar-refractivity contribution in [2.24, 2.45) is 0 Å². The zero-order chi connectivity index (χ0) is 17.0. The van der Waals surface area contributed by atoms with Crippen LogP contribution in [0.15, 0.2) is 30.3 Å². The Labute approximate surface area is 141 Å². The van der Waals surface area contributed by atoms with Gasteiger partial charge in [-0.25, -0.2) is 0 Å². The largest absolute Gasteiger partial charge is 0.326 e. The fraction of sp³-hybridized carbons (Fsp3) is 0.200. The molecule has 0 aliphatic rings. The normalized spacial score (nSPS) is 10.3. The summed E-state index contributed by atoms with van der Waals surface area (Å²) in [6, 6.07) is 7.59. The minimum Gasteiger partial charge on any atom is -0.326 e. The summed E-state index contributed by atoms with van der Waals surface area (Å²) in [5.41, 5.74) is -0.0138. The molecule has 1 amide bonds. The first kappa shape index (κ1) is 17.1. The second-order valence-electron chi connectivity index (χ2n) is 4.80. The summed E-state index contributed by atoms with van der Waals surface area (Å²) in [6.45, 7) is 1.90. The van der Waals surface area contributed by atoms with Crippen LogP contribution in [-0.2, 0) is 4.79 Å². The number of nitrogens with one attached hydrogen (secondary N) is 1. The highest BCUT2D eigenvalue weighted by Crippen LogP contribution is 2.27. The molecule has 1 N–H and O–H groups in total. The number of nitro groups is 1. The molecule has 0 spiro atoms. The molecule has 0 aliphatic heterocycles. The number of nitro benzene ring substituents is 1. The fourth-order valence-corrected chi connectivity index (χ4v) is 2.91. The number of nitrogens with zero attached hydrogens (tertiary/aromatic N) is 1. The maximum Gasteiger partial charge on any atom is 0.289 e. The summed E-state index contributed by atoms with van der Waals surface area (Å²) in [5.74, 6) is -0.483. The lowest BCUT2D eigenvalue weighted by molar-refractivity contribution is -0.384. The van der Waals surface area contributed by atoms with Gasteiger partial charge in [-0.1, -0.05) is 11.6 Å². The molecule has 1 aromatic heterocycles. The number of anilines is 1. The van der Waals surface area contributed by atoms with Crippen molar-refractivity contribution in [2.75, 3.05) is 5.32 Å². The topological polar surface area (TPSA) is 89.3 Å². The molecule has 6 nitrogen and oxygen atoms in total. The molecule has 0 radical (unpaired) electrons. The molecule has 0 bridgehead atoms. The average Bonchev–Trinajstić information content (AvgIpc) is 2.93. The van der Waals surface area contributed by atoms with Gasteiger partial charge in [-0.3, -0.25) is 19.7 Å². The van der Waals surface area contributed by atoms with Gasteiger partial charge in [0.2, 0.25) is 5.91 Å². The maximum atomic E-state index is 11.9. The van der Waals surface area contributed by atoms with E-state index in [0.717, 1.165) is 4.88 Å². The molecule has 0 atom stereocenters. The van der Waals surface area contributed by atoms with Crippen molar-refractivity contribution in [3.8, 4) is 0 Å². The van der Waals surface area contributed by atoms with E-state index < -0.39 is 4.92 Å². The Morgan fingerprint density at radius 3 is 2.61 bits per heavy atom. The standard InChI is InChI=1S/C15H13ClN2O4S/c1-9-2-6-14(23-9)13(19)5-7-15(20)17-10-3-4-11(16)12(8-10)18(21)22/h2-4,6,8H,5,7H2,1H3,(H,17,20). The predicted octanol–water partition coefficient (Wildman–Crippen LogP) is 4.22. The average molecular weight is 353 g/mol. The van der Waals surface area contributed by atoms with E-state index in [4.69, 9.17) is 11.6 Å². The van der Waals surface area contributed by atoms with Gasteiger partial charge in [-0.15, -0.1) is 11.3 Å². The zero-order valence-corrected chi connectivity index (χ0v) is 13.7. The number of ketones is 1. The number of halogens is 1. The van der Waals surface area contributed by atoms with Crippen molar-refractivity contribution >= 4 is 46.0 Å². The number of carbonyl (C=O) groups is 2. The van der Waals surface area contributed by atoms with Gasteiger partial charge >= 0.3 is 0 Å². The van der Waals surface area contributed by atoms with E-state index in [2.05, 4.69) is 5.32 Å². The summed E-state index contributed by atoms with van der Waals surface area (Å²) in [6.07, 6.45) is 0.0909. The lowest BCUT2D eigenvalue weighted by atomic mass is 10.2. The lowest BCUT2D eigenvalue weighted by Gasteiger charge is -2.05. The van der Waals surface area contributed by atoms with Crippen molar-refractivity contribution in [1.82, 2.24) is 0 Å². The summed E-state index contributed by atoms with van der Waals surface area (Å²) < 4.78 is 0. The third kappa shape index (κ3) is 4.61. The van der Waals surface area contributed by atoms with E-state index >= 15 is 0 Å². The second-order valence-corrected chi connectivity index (χ2v) is 6.50. The van der Waals surface area contributed by atoms with Crippen molar-refractivity contribution in [3.05, 3.63) is 55.2 Å². The van der Waals surface area contributed by atoms with Crippen LogP contribution >= 0.6 is 22.9 Å². The fourth-order valence-electron chi connectivity index (χ4n) is 1.89. The van der Waals surface area contributed by atoms with E-state index in [-0.39, 0.29) is 40.9 Å². The zero-order valence-electron chi connectivity index (χ0n) is 12.2. The van der Waals surface area contributed by atoms with Crippen LogP contribution in [0.3, 0.4) is 0 Å². The molecule has 8 heteroatoms. The van der Waals surface area contributed by atoms with Gasteiger partial charge in [-0.2, -0.15) is 0 Å². The Morgan fingerprint density at radius 1 is 1.26 bits per heavy atom. The number of hydrogen-bond donors (Lipinski definition) is 1. The van der Waals surface area contributed by atoms with Crippen LogP contribution in [0.2, 0.25) is 5.02 Å². The summed E-state index contributed by atoms with van der Waals surface area (Å²) in [4.78, 5) is 35.6. The first-order valence-electron chi connectivity index (χ1n) is 6.70. The van der Waals surface area contributed by atoms with Gasteiger partial charge in [0.25, 0.3) is 5.69 Å². The summed E-state index contributed by atoms with van der Waals surface area (Å²) >= 11 is 7.09. The number of carbonyl (C=O) groups excluding carboxylic acids is 2. The summed E-state index contributed by atoms with van der Waals surface area (Å²) in [5, 5.41) is 13.3. The van der Waals surface area contributed by atoms with Crippen LogP contribution < -0.4 is 5.32 Å². The molecule has 120 valence electrons. The number of rotatable bonds is 6. The highest BCUT2D eigenvalue weighted by Gasteiger charge is 2.15. The Morgan fingerprint density at radius 2 is 2.00 bits per heavy atom. The SMILES string of the molecule is Cc1ccc(C(=O)CCC(=O)Nc2ccc(Cl)c([N+](=O)[O-])c2)s1. The van der Waals surface area contributed by atoms with E-state index in [1.165, 1.54) is 29.5 Å². The first-order valence-corrected chi connectivity index (χ1v) is 7.89. The second kappa shape index (κ2) is 7.34. The molecular formula is C15H13ClN2O4S. The molecule has 0 saturated carbocycles. The molecule has 0 saturated heterocycles. The van der Waals surface area contributed by atoms with Crippen LogP contribution in [0, 0.1) is 17.0 Å². The quantitative estimate of drug-likeness (QED) is 0.479. The number of thiophene rings is 1. The smallest absolute Gasteiger partial charge is 0.289 e. The first-order chi connectivity index (χ1) is 10.9. The van der Waals surface area contributed by atoms with Crippen LogP contribution in [0.4, 0.5) is 11.4 Å². The Hall–Kier alpha value is -2.25. The Balaban J connectivity index is 1.93. The molecule has 0 aliphatic carbocycles. The van der Waals surface area contributed by atoms with Crippen LogP contribution in [0.1, 0.15) is 27.4 Å². The van der Waals surface area contributed by atoms with Gasteiger partial charge in [0, 0.05) is 29.5 Å². The number of amides is 1.